The number of nitrogens with one attached hydrogen (secondary N) is 2. The zero-order valence-electron chi connectivity index (χ0n) is 14.6. The van der Waals surface area contributed by atoms with Gasteiger partial charge in [-0.15, -0.1) is 11.3 Å². The highest BCUT2D eigenvalue weighted by Crippen LogP contribution is 2.32. The van der Waals surface area contributed by atoms with Crippen molar-refractivity contribution in [2.75, 3.05) is 10.2 Å². The summed E-state index contributed by atoms with van der Waals surface area (Å²) in [5.74, 6) is -1.13. The Balaban J connectivity index is 1.50. The predicted molar refractivity (Wildman–Crippen MR) is 117 cm³/mol. The van der Waals surface area contributed by atoms with Gasteiger partial charge in [-0.1, -0.05) is 29.8 Å². The molecule has 0 fully saturated rings. The van der Waals surface area contributed by atoms with Gasteiger partial charge in [0.25, 0.3) is 17.7 Å². The number of amides is 3. The van der Waals surface area contributed by atoms with E-state index in [1.807, 2.05) is 0 Å². The predicted octanol–water partition coefficient (Wildman–Crippen LogP) is 4.33. The van der Waals surface area contributed by atoms with Crippen LogP contribution in [-0.2, 0) is 0 Å². The van der Waals surface area contributed by atoms with Crippen LogP contribution in [0.5, 0.6) is 0 Å². The minimum atomic E-state index is -0.402. The Morgan fingerprint density at radius 3 is 2.28 bits per heavy atom. The van der Waals surface area contributed by atoms with E-state index in [1.54, 1.807) is 53.9 Å². The number of benzene rings is 2. The molecule has 1 aliphatic heterocycles. The largest absolute Gasteiger partial charge is 0.331 e. The second kappa shape index (κ2) is 7.75. The van der Waals surface area contributed by atoms with Gasteiger partial charge in [0, 0.05) is 0 Å². The van der Waals surface area contributed by atoms with Gasteiger partial charge in [0.15, 0.2) is 5.11 Å². The number of thiophene rings is 1. The molecule has 0 aliphatic carbocycles. The molecule has 2 heterocycles. The molecule has 0 spiro atoms. The van der Waals surface area contributed by atoms with E-state index in [9.17, 15) is 14.4 Å². The normalized spacial score (nSPS) is 12.7. The second-order valence-electron chi connectivity index (χ2n) is 6.04. The molecule has 2 N–H and O–H groups in total. The second-order valence-corrected chi connectivity index (χ2v) is 7.80. The lowest BCUT2D eigenvalue weighted by Crippen LogP contribution is -2.33. The number of fused-ring (bicyclic) bond motifs is 1. The maximum absolute atomic E-state index is 12.6. The maximum Gasteiger partial charge on any atom is 0.267 e. The monoisotopic (exact) mass is 441 g/mol. The third kappa shape index (κ3) is 3.65. The lowest BCUT2D eigenvalue weighted by molar-refractivity contribution is 0.0924. The molecule has 0 saturated heterocycles. The van der Waals surface area contributed by atoms with E-state index < -0.39 is 11.8 Å². The molecule has 2 aromatic carbocycles. The molecule has 0 atom stereocenters. The number of rotatable bonds is 3. The molecule has 9 heteroatoms. The number of anilines is 2. The van der Waals surface area contributed by atoms with E-state index in [2.05, 4.69) is 10.6 Å². The fraction of sp³-hybridized carbons (Fsp3) is 0. The van der Waals surface area contributed by atoms with E-state index in [1.165, 1.54) is 17.4 Å². The lowest BCUT2D eigenvalue weighted by Gasteiger charge is -2.16. The summed E-state index contributed by atoms with van der Waals surface area (Å²) in [6.07, 6.45) is 0. The number of carbonyl (C=O) groups excluding carboxylic acids is 3. The summed E-state index contributed by atoms with van der Waals surface area (Å²) in [6, 6.07) is 14.8. The van der Waals surface area contributed by atoms with E-state index in [0.29, 0.717) is 27.4 Å². The number of hydrogen-bond acceptors (Lipinski definition) is 5. The van der Waals surface area contributed by atoms with Crippen molar-refractivity contribution in [3.8, 4) is 0 Å². The van der Waals surface area contributed by atoms with Crippen LogP contribution >= 0.6 is 35.2 Å². The van der Waals surface area contributed by atoms with Crippen LogP contribution in [0, 0.1) is 0 Å². The van der Waals surface area contributed by atoms with Crippen molar-refractivity contribution in [3.05, 3.63) is 81.0 Å². The number of nitrogens with zero attached hydrogens (tertiary/aromatic N) is 1. The minimum absolute atomic E-state index is 0.0822. The molecule has 4 rings (SSSR count). The van der Waals surface area contributed by atoms with Gasteiger partial charge in [0.2, 0.25) is 0 Å². The Hall–Kier alpha value is -3.07. The van der Waals surface area contributed by atoms with Crippen molar-refractivity contribution in [2.45, 2.75) is 0 Å². The third-order valence-electron chi connectivity index (χ3n) is 4.23. The molecule has 0 saturated carbocycles. The topological polar surface area (TPSA) is 78.5 Å². The molecule has 6 nitrogen and oxygen atoms in total. The van der Waals surface area contributed by atoms with Crippen molar-refractivity contribution in [3.63, 3.8) is 0 Å². The summed E-state index contributed by atoms with van der Waals surface area (Å²) in [5, 5.41) is 7.53. The molecule has 0 unspecified atom stereocenters. The van der Waals surface area contributed by atoms with Gasteiger partial charge in [-0.25, -0.2) is 4.90 Å². The molecule has 1 aromatic heterocycles. The molecule has 0 bridgehead atoms. The fourth-order valence-electron chi connectivity index (χ4n) is 2.89. The summed E-state index contributed by atoms with van der Waals surface area (Å²) >= 11 is 12.8. The molecular weight excluding hydrogens is 430 g/mol. The Labute approximate surface area is 180 Å². The summed E-state index contributed by atoms with van der Waals surface area (Å²) in [4.78, 5) is 38.9. The summed E-state index contributed by atoms with van der Waals surface area (Å²) in [5.41, 5.74) is 1.49. The Bertz CT molecular complexity index is 1130. The van der Waals surface area contributed by atoms with Crippen LogP contribution in [0.25, 0.3) is 0 Å². The highest BCUT2D eigenvalue weighted by atomic mass is 35.5. The highest BCUT2D eigenvalue weighted by molar-refractivity contribution is 7.80. The molecule has 0 radical (unpaired) electrons. The van der Waals surface area contributed by atoms with Crippen molar-refractivity contribution >= 4 is 69.4 Å². The third-order valence-corrected chi connectivity index (χ3v) is 5.61. The Morgan fingerprint density at radius 1 is 1.00 bits per heavy atom. The van der Waals surface area contributed by atoms with Gasteiger partial charge in [-0.3, -0.25) is 19.7 Å². The molecule has 3 amide bonds. The van der Waals surface area contributed by atoms with Crippen LogP contribution in [0.1, 0.15) is 30.4 Å². The summed E-state index contributed by atoms with van der Waals surface area (Å²) in [6.45, 7) is 0. The average molecular weight is 442 g/mol. The van der Waals surface area contributed by atoms with Gasteiger partial charge in [-0.2, -0.15) is 0 Å². The first-order chi connectivity index (χ1) is 14.0. The van der Waals surface area contributed by atoms with Crippen LogP contribution in [0.4, 0.5) is 11.4 Å². The van der Waals surface area contributed by atoms with E-state index in [4.69, 9.17) is 23.8 Å². The number of imide groups is 1. The molecular formula is C20H12ClN3O3S2. The number of halogens is 1. The smallest absolute Gasteiger partial charge is 0.267 e. The molecule has 29 heavy (non-hydrogen) atoms. The first-order valence-electron chi connectivity index (χ1n) is 8.39. The minimum Gasteiger partial charge on any atom is -0.331 e. The van der Waals surface area contributed by atoms with Gasteiger partial charge in [-0.05, 0) is 54.0 Å². The standard InChI is InChI=1S/C20H12ClN3O3S2/c21-14-10-11(24-18(26)12-4-1-2-5-13(12)19(24)27)7-8-15(14)22-20(28)23-17(25)16-6-3-9-29-16/h1-10H,(H2,22,23,25,28). The van der Waals surface area contributed by atoms with Gasteiger partial charge in [0.05, 0.1) is 32.4 Å². The first-order valence-corrected chi connectivity index (χ1v) is 10.1. The number of thiocarbonyl (C=S) groups is 1. The van der Waals surface area contributed by atoms with E-state index in [-0.39, 0.29) is 16.0 Å². The van der Waals surface area contributed by atoms with Crippen LogP contribution in [0.2, 0.25) is 5.02 Å². The van der Waals surface area contributed by atoms with Gasteiger partial charge >= 0.3 is 0 Å². The highest BCUT2D eigenvalue weighted by Gasteiger charge is 2.36. The zero-order chi connectivity index (χ0) is 20.5. The zero-order valence-corrected chi connectivity index (χ0v) is 17.0. The summed E-state index contributed by atoms with van der Waals surface area (Å²) < 4.78 is 0. The van der Waals surface area contributed by atoms with Crippen LogP contribution in [0.15, 0.2) is 60.0 Å². The quantitative estimate of drug-likeness (QED) is 0.467. The van der Waals surface area contributed by atoms with E-state index in [0.717, 1.165) is 4.90 Å². The van der Waals surface area contributed by atoms with Crippen molar-refractivity contribution in [1.29, 1.82) is 0 Å². The Morgan fingerprint density at radius 2 is 1.69 bits per heavy atom. The number of carbonyl (C=O) groups is 3. The van der Waals surface area contributed by atoms with Crippen LogP contribution in [0.3, 0.4) is 0 Å². The van der Waals surface area contributed by atoms with Gasteiger partial charge in [0.1, 0.15) is 0 Å². The van der Waals surface area contributed by atoms with Crippen LogP contribution < -0.4 is 15.5 Å². The Kier molecular flexibility index (Phi) is 5.14. The van der Waals surface area contributed by atoms with Crippen molar-refractivity contribution in [1.82, 2.24) is 5.32 Å². The van der Waals surface area contributed by atoms with Gasteiger partial charge < -0.3 is 5.32 Å². The average Bonchev–Trinajstić information content (AvgIpc) is 3.32. The molecule has 144 valence electrons. The van der Waals surface area contributed by atoms with Crippen molar-refractivity contribution < 1.29 is 14.4 Å². The fourth-order valence-corrected chi connectivity index (χ4v) is 3.94. The van der Waals surface area contributed by atoms with Crippen molar-refractivity contribution in [2.24, 2.45) is 0 Å². The molecule has 3 aromatic rings. The van der Waals surface area contributed by atoms with Crippen LogP contribution in [-0.4, -0.2) is 22.8 Å². The number of hydrogen-bond donors (Lipinski definition) is 2. The van der Waals surface area contributed by atoms with E-state index >= 15 is 0 Å². The maximum atomic E-state index is 12.6. The molecule has 1 aliphatic rings. The SMILES string of the molecule is O=C(NC(=S)Nc1ccc(N2C(=O)c3ccccc3C2=O)cc1Cl)c1cccs1. The summed E-state index contributed by atoms with van der Waals surface area (Å²) in [7, 11) is 0. The first kappa shape index (κ1) is 19.3. The lowest BCUT2D eigenvalue weighted by atomic mass is 10.1.